The van der Waals surface area contributed by atoms with Crippen LogP contribution < -0.4 is 0 Å². The second kappa shape index (κ2) is 8.35. The zero-order valence-corrected chi connectivity index (χ0v) is 17.4. The first-order valence-electron chi connectivity index (χ1n) is 10.6. The number of aliphatic hydroxyl groups excluding tert-OH is 1. The van der Waals surface area contributed by atoms with Crippen LogP contribution in [0.3, 0.4) is 0 Å². The Balaban J connectivity index is 1.36. The van der Waals surface area contributed by atoms with E-state index in [1.807, 2.05) is 54.5 Å². The van der Waals surface area contributed by atoms with E-state index in [1.54, 1.807) is 6.20 Å². The third-order valence-corrected chi connectivity index (χ3v) is 5.86. The van der Waals surface area contributed by atoms with Crippen LogP contribution in [0, 0.1) is 6.92 Å². The molecule has 31 heavy (non-hydrogen) atoms. The maximum atomic E-state index is 9.72. The number of hydrogen-bond donors (Lipinski definition) is 1. The highest BCUT2D eigenvalue weighted by Gasteiger charge is 2.21. The van der Waals surface area contributed by atoms with Crippen LogP contribution in [0.15, 0.2) is 61.3 Å². The summed E-state index contributed by atoms with van der Waals surface area (Å²) in [5.41, 5.74) is 5.86. The van der Waals surface area contributed by atoms with Crippen molar-refractivity contribution in [3.05, 3.63) is 67.0 Å². The van der Waals surface area contributed by atoms with Crippen LogP contribution in [0.2, 0.25) is 0 Å². The second-order valence-corrected chi connectivity index (χ2v) is 8.13. The third kappa shape index (κ3) is 4.22. The Hall–Kier alpha value is -3.45. The Morgan fingerprint density at radius 3 is 2.39 bits per heavy atom. The Kier molecular flexibility index (Phi) is 5.26. The van der Waals surface area contributed by atoms with Crippen molar-refractivity contribution in [2.75, 3.05) is 0 Å². The molecule has 1 aliphatic carbocycles. The summed E-state index contributed by atoms with van der Waals surface area (Å²) in [5.74, 6) is 0.679. The van der Waals surface area contributed by atoms with Gasteiger partial charge in [0.15, 0.2) is 5.82 Å². The molecule has 1 N–H and O–H groups in total. The molecule has 0 radical (unpaired) electrons. The lowest BCUT2D eigenvalue weighted by Gasteiger charge is -2.25. The molecular formula is C24H24N6O. The van der Waals surface area contributed by atoms with Crippen molar-refractivity contribution in [2.45, 2.75) is 44.8 Å². The zero-order chi connectivity index (χ0) is 21.2. The molecule has 0 unspecified atom stereocenters. The standard InChI is InChI=1S/C24H24N6O/c1-16-9-19(13-27-29-16)17-3-2-4-18(10-17)24-25-11-20(12-26-24)21-14-28-30(15-21)22-5-7-23(31)8-6-22/h2-4,9-15,22-23,31H,5-8H2,1H3/t22-,23-. The van der Waals surface area contributed by atoms with E-state index in [-0.39, 0.29) is 6.10 Å². The predicted molar refractivity (Wildman–Crippen MR) is 118 cm³/mol. The predicted octanol–water partition coefficient (Wildman–Crippen LogP) is 4.25. The van der Waals surface area contributed by atoms with Gasteiger partial charge >= 0.3 is 0 Å². The smallest absolute Gasteiger partial charge is 0.159 e. The summed E-state index contributed by atoms with van der Waals surface area (Å²) in [4.78, 5) is 9.20. The molecule has 3 aromatic heterocycles. The summed E-state index contributed by atoms with van der Waals surface area (Å²) < 4.78 is 2.02. The summed E-state index contributed by atoms with van der Waals surface area (Å²) in [6.07, 6.45) is 12.8. The molecule has 7 nitrogen and oxygen atoms in total. The van der Waals surface area contributed by atoms with Gasteiger partial charge in [0.1, 0.15) is 0 Å². The van der Waals surface area contributed by atoms with E-state index in [0.717, 1.165) is 59.2 Å². The number of aromatic nitrogens is 6. The highest BCUT2D eigenvalue weighted by atomic mass is 16.3. The van der Waals surface area contributed by atoms with Crippen LogP contribution >= 0.6 is 0 Å². The number of rotatable bonds is 4. The SMILES string of the molecule is Cc1cc(-c2cccc(-c3ncc(-c4cnn([C@H]5CC[C@H](O)CC5)c4)cn3)c2)cnn1. The number of nitrogens with zero attached hydrogens (tertiary/aromatic N) is 6. The fourth-order valence-corrected chi connectivity index (χ4v) is 4.10. The zero-order valence-electron chi connectivity index (χ0n) is 17.4. The van der Waals surface area contributed by atoms with Gasteiger partial charge in [-0.25, -0.2) is 9.97 Å². The van der Waals surface area contributed by atoms with Crippen molar-refractivity contribution in [3.63, 3.8) is 0 Å². The van der Waals surface area contributed by atoms with E-state index in [4.69, 9.17) is 0 Å². The van der Waals surface area contributed by atoms with Gasteiger partial charge in [-0.05, 0) is 50.3 Å². The maximum Gasteiger partial charge on any atom is 0.159 e. The highest BCUT2D eigenvalue weighted by molar-refractivity contribution is 5.70. The molecule has 1 fully saturated rings. The largest absolute Gasteiger partial charge is 0.393 e. The first kappa shape index (κ1) is 19.5. The molecule has 1 saturated carbocycles. The molecule has 0 aliphatic heterocycles. The van der Waals surface area contributed by atoms with E-state index in [1.165, 1.54) is 0 Å². The Morgan fingerprint density at radius 1 is 0.839 bits per heavy atom. The lowest BCUT2D eigenvalue weighted by atomic mass is 9.93. The molecule has 0 atom stereocenters. The monoisotopic (exact) mass is 412 g/mol. The summed E-state index contributed by atoms with van der Waals surface area (Å²) >= 11 is 0. The topological polar surface area (TPSA) is 89.6 Å². The van der Waals surface area contributed by atoms with Gasteiger partial charge in [0, 0.05) is 40.8 Å². The number of hydrogen-bond acceptors (Lipinski definition) is 6. The summed E-state index contributed by atoms with van der Waals surface area (Å²) in [5, 5.41) is 22.3. The number of aryl methyl sites for hydroxylation is 1. The van der Waals surface area contributed by atoms with E-state index in [0.29, 0.717) is 11.9 Å². The van der Waals surface area contributed by atoms with Crippen molar-refractivity contribution in [1.29, 1.82) is 0 Å². The minimum absolute atomic E-state index is 0.162. The molecular weight excluding hydrogens is 388 g/mol. The number of aliphatic hydroxyl groups is 1. The first-order chi connectivity index (χ1) is 15.2. The second-order valence-electron chi connectivity index (χ2n) is 8.13. The summed E-state index contributed by atoms with van der Waals surface area (Å²) in [6.45, 7) is 1.93. The summed E-state index contributed by atoms with van der Waals surface area (Å²) in [6, 6.07) is 10.5. The lowest BCUT2D eigenvalue weighted by Crippen LogP contribution is -2.21. The van der Waals surface area contributed by atoms with Gasteiger partial charge in [-0.1, -0.05) is 18.2 Å². The van der Waals surface area contributed by atoms with Crippen LogP contribution in [0.4, 0.5) is 0 Å². The van der Waals surface area contributed by atoms with Crippen LogP contribution in [-0.4, -0.2) is 41.2 Å². The van der Waals surface area contributed by atoms with Crippen molar-refractivity contribution in [2.24, 2.45) is 0 Å². The Morgan fingerprint density at radius 2 is 1.61 bits per heavy atom. The van der Waals surface area contributed by atoms with Crippen LogP contribution in [0.5, 0.6) is 0 Å². The van der Waals surface area contributed by atoms with Gasteiger partial charge < -0.3 is 5.11 Å². The molecule has 0 bridgehead atoms. The van der Waals surface area contributed by atoms with Gasteiger partial charge in [-0.3, -0.25) is 4.68 Å². The van der Waals surface area contributed by atoms with Crippen LogP contribution in [0.25, 0.3) is 33.6 Å². The van der Waals surface area contributed by atoms with E-state index in [2.05, 4.69) is 37.5 Å². The van der Waals surface area contributed by atoms with E-state index in [9.17, 15) is 5.11 Å². The molecule has 5 rings (SSSR count). The van der Waals surface area contributed by atoms with Gasteiger partial charge in [0.25, 0.3) is 0 Å². The highest BCUT2D eigenvalue weighted by Crippen LogP contribution is 2.30. The van der Waals surface area contributed by atoms with Gasteiger partial charge in [0.2, 0.25) is 0 Å². The maximum absolute atomic E-state index is 9.72. The Labute approximate surface area is 180 Å². The molecule has 1 aromatic carbocycles. The molecule has 7 heteroatoms. The minimum atomic E-state index is -0.162. The summed E-state index contributed by atoms with van der Waals surface area (Å²) in [7, 11) is 0. The van der Waals surface area contributed by atoms with Crippen molar-refractivity contribution in [1.82, 2.24) is 29.9 Å². The average Bonchev–Trinajstić information content (AvgIpc) is 3.30. The van der Waals surface area contributed by atoms with Gasteiger partial charge in [-0.15, -0.1) is 0 Å². The van der Waals surface area contributed by atoms with Gasteiger partial charge in [-0.2, -0.15) is 15.3 Å². The average molecular weight is 412 g/mol. The third-order valence-electron chi connectivity index (χ3n) is 5.86. The van der Waals surface area contributed by atoms with E-state index >= 15 is 0 Å². The normalized spacial score (nSPS) is 18.8. The minimum Gasteiger partial charge on any atom is -0.393 e. The molecule has 0 spiro atoms. The van der Waals surface area contributed by atoms with Gasteiger partial charge in [0.05, 0.1) is 30.2 Å². The quantitative estimate of drug-likeness (QED) is 0.539. The van der Waals surface area contributed by atoms with Crippen LogP contribution in [0.1, 0.15) is 37.4 Å². The van der Waals surface area contributed by atoms with Crippen molar-refractivity contribution < 1.29 is 5.11 Å². The molecule has 3 heterocycles. The Bertz CT molecular complexity index is 1180. The molecule has 156 valence electrons. The fraction of sp³-hybridized carbons (Fsp3) is 0.292. The van der Waals surface area contributed by atoms with E-state index < -0.39 is 0 Å². The van der Waals surface area contributed by atoms with Crippen molar-refractivity contribution in [3.8, 4) is 33.6 Å². The first-order valence-corrected chi connectivity index (χ1v) is 10.6. The number of benzene rings is 1. The molecule has 1 aliphatic rings. The molecule has 0 saturated heterocycles. The molecule has 0 amide bonds. The van der Waals surface area contributed by atoms with Crippen LogP contribution in [-0.2, 0) is 0 Å². The lowest BCUT2D eigenvalue weighted by molar-refractivity contribution is 0.108. The fourth-order valence-electron chi connectivity index (χ4n) is 4.10. The van der Waals surface area contributed by atoms with Crippen molar-refractivity contribution >= 4 is 0 Å². The molecule has 4 aromatic rings.